The number of hydrogen-bond donors (Lipinski definition) is 2. The highest BCUT2D eigenvalue weighted by molar-refractivity contribution is 6.38. The topological polar surface area (TPSA) is 90.0 Å². The van der Waals surface area contributed by atoms with Crippen LogP contribution in [0.1, 0.15) is 31.2 Å². The van der Waals surface area contributed by atoms with E-state index in [9.17, 15) is 19.5 Å². The summed E-state index contributed by atoms with van der Waals surface area (Å²) in [4.78, 5) is 44.0. The second kappa shape index (κ2) is 9.70. The van der Waals surface area contributed by atoms with Gasteiger partial charge in [0, 0.05) is 45.3 Å². The number of rotatable bonds is 5. The lowest BCUT2D eigenvalue weighted by molar-refractivity contribution is -0.153. The number of hydrogen-bond acceptors (Lipinski definition) is 4. The molecule has 2 amide bonds. The number of nitrogens with zero attached hydrogens (tertiary/aromatic N) is 2. The maximum absolute atomic E-state index is 15.1. The van der Waals surface area contributed by atoms with E-state index in [0.29, 0.717) is 5.69 Å². The monoisotopic (exact) mass is 631 g/mol. The van der Waals surface area contributed by atoms with E-state index in [-0.39, 0.29) is 43.8 Å². The largest absolute Gasteiger partial charge is 0.481 e. The van der Waals surface area contributed by atoms with E-state index in [1.807, 2.05) is 0 Å². The average Bonchev–Trinajstić information content (AvgIpc) is 3.38. The van der Waals surface area contributed by atoms with Gasteiger partial charge in [0.05, 0.1) is 23.2 Å². The fraction of sp³-hybridized carbons (Fsp3) is 0.444. The SMILES string of the molecule is O=C(O)[C@H]1[C@@H](C(=O)N(CC2CCC2)c2cc(Cl)cc(Cl)c2)[C@H]2CC(F)(F)CN2[C@]12C(=O)Nc1c(Cl)cc(Cl)cc12. The number of nitrogens with one attached hydrogen (secondary N) is 1. The number of carboxylic acids is 1. The molecule has 6 rings (SSSR count). The summed E-state index contributed by atoms with van der Waals surface area (Å²) in [5, 5.41) is 13.9. The number of aliphatic carboxylic acids is 1. The predicted octanol–water partition coefficient (Wildman–Crippen LogP) is 6.32. The first-order valence-corrected chi connectivity index (χ1v) is 14.3. The summed E-state index contributed by atoms with van der Waals surface area (Å²) >= 11 is 25.1. The molecule has 3 aliphatic heterocycles. The minimum atomic E-state index is -3.27. The molecule has 4 atom stereocenters. The van der Waals surface area contributed by atoms with Gasteiger partial charge in [-0.15, -0.1) is 0 Å². The first-order chi connectivity index (χ1) is 18.8. The summed E-state index contributed by atoms with van der Waals surface area (Å²) in [7, 11) is 0. The zero-order chi connectivity index (χ0) is 28.7. The van der Waals surface area contributed by atoms with E-state index >= 15 is 8.78 Å². The Kier molecular flexibility index (Phi) is 6.78. The molecule has 13 heteroatoms. The van der Waals surface area contributed by atoms with Crippen LogP contribution in [0.4, 0.5) is 20.2 Å². The van der Waals surface area contributed by atoms with Crippen molar-refractivity contribution in [2.75, 3.05) is 23.3 Å². The number of halogens is 6. The molecule has 2 saturated heterocycles. The Balaban J connectivity index is 1.54. The summed E-state index contributed by atoms with van der Waals surface area (Å²) in [6.45, 7) is -0.678. The average molecular weight is 633 g/mol. The highest BCUT2D eigenvalue weighted by atomic mass is 35.5. The van der Waals surface area contributed by atoms with Crippen molar-refractivity contribution in [1.82, 2.24) is 4.90 Å². The molecule has 212 valence electrons. The van der Waals surface area contributed by atoms with Crippen LogP contribution in [0.3, 0.4) is 0 Å². The summed E-state index contributed by atoms with van der Waals surface area (Å²) in [6.07, 6.45) is 1.90. The summed E-state index contributed by atoms with van der Waals surface area (Å²) < 4.78 is 30.2. The minimum absolute atomic E-state index is 0.0364. The Bertz CT molecular complexity index is 1430. The zero-order valence-electron chi connectivity index (χ0n) is 20.8. The fourth-order valence-electron chi connectivity index (χ4n) is 6.91. The molecule has 0 aromatic heterocycles. The molecule has 3 heterocycles. The molecule has 0 unspecified atom stereocenters. The van der Waals surface area contributed by atoms with Crippen LogP contribution in [0.2, 0.25) is 20.1 Å². The summed E-state index contributed by atoms with van der Waals surface area (Å²) in [5.74, 6) is -9.35. The molecule has 1 spiro atoms. The van der Waals surface area contributed by atoms with Crippen molar-refractivity contribution in [1.29, 1.82) is 0 Å². The van der Waals surface area contributed by atoms with Crippen LogP contribution < -0.4 is 10.2 Å². The Hall–Kier alpha value is -2.17. The maximum Gasteiger partial charge on any atom is 0.310 e. The smallest absolute Gasteiger partial charge is 0.310 e. The lowest BCUT2D eigenvalue weighted by Gasteiger charge is -2.37. The van der Waals surface area contributed by atoms with E-state index in [1.54, 1.807) is 0 Å². The summed E-state index contributed by atoms with van der Waals surface area (Å²) in [6, 6.07) is 6.03. The van der Waals surface area contributed by atoms with Gasteiger partial charge in [-0.1, -0.05) is 52.8 Å². The number of carbonyl (C=O) groups is 3. The van der Waals surface area contributed by atoms with Gasteiger partial charge in [0.2, 0.25) is 5.91 Å². The van der Waals surface area contributed by atoms with Crippen LogP contribution in [0.25, 0.3) is 0 Å². The van der Waals surface area contributed by atoms with Crippen LogP contribution in [0.5, 0.6) is 0 Å². The van der Waals surface area contributed by atoms with E-state index in [4.69, 9.17) is 46.4 Å². The van der Waals surface area contributed by atoms with Crippen molar-refractivity contribution in [2.45, 2.75) is 43.2 Å². The fourth-order valence-corrected chi connectivity index (χ4v) is 7.97. The third-order valence-corrected chi connectivity index (χ3v) is 9.63. The second-order valence-corrected chi connectivity index (χ2v) is 12.7. The van der Waals surface area contributed by atoms with Gasteiger partial charge in [0.1, 0.15) is 11.5 Å². The minimum Gasteiger partial charge on any atom is -0.481 e. The quantitative estimate of drug-likeness (QED) is 0.403. The van der Waals surface area contributed by atoms with Gasteiger partial charge in [-0.25, -0.2) is 8.78 Å². The number of benzene rings is 2. The van der Waals surface area contributed by atoms with Crippen molar-refractivity contribution in [2.24, 2.45) is 17.8 Å². The Morgan fingerprint density at radius 2 is 1.70 bits per heavy atom. The number of anilines is 2. The van der Waals surface area contributed by atoms with Crippen molar-refractivity contribution in [3.05, 3.63) is 56.0 Å². The van der Waals surface area contributed by atoms with Gasteiger partial charge in [-0.3, -0.25) is 19.3 Å². The van der Waals surface area contributed by atoms with E-state index in [0.717, 1.165) is 19.3 Å². The molecule has 4 aliphatic rings. The first-order valence-electron chi connectivity index (χ1n) is 12.8. The molecule has 0 radical (unpaired) electrons. The number of fused-ring (bicyclic) bond motifs is 4. The molecular weight excluding hydrogens is 610 g/mol. The highest BCUT2D eigenvalue weighted by Crippen LogP contribution is 2.61. The van der Waals surface area contributed by atoms with Crippen LogP contribution in [0, 0.1) is 17.8 Å². The normalized spacial score (nSPS) is 28.8. The summed E-state index contributed by atoms with van der Waals surface area (Å²) in [5.41, 5.74) is -1.64. The van der Waals surface area contributed by atoms with Crippen LogP contribution in [0.15, 0.2) is 30.3 Å². The number of carboxylic acid groups (broad SMARTS) is 1. The molecule has 2 aromatic carbocycles. The molecule has 1 saturated carbocycles. The third-order valence-electron chi connectivity index (χ3n) is 8.68. The lowest BCUT2D eigenvalue weighted by Crippen LogP contribution is -2.54. The van der Waals surface area contributed by atoms with Crippen molar-refractivity contribution in [3.63, 3.8) is 0 Å². The second-order valence-electron chi connectivity index (χ2n) is 11.0. The molecule has 1 aliphatic carbocycles. The van der Waals surface area contributed by atoms with Crippen LogP contribution in [-0.4, -0.2) is 52.8 Å². The molecule has 3 fully saturated rings. The Labute approximate surface area is 248 Å². The molecular formula is C27H23Cl4F2N3O4. The molecule has 40 heavy (non-hydrogen) atoms. The predicted molar refractivity (Wildman–Crippen MR) is 148 cm³/mol. The van der Waals surface area contributed by atoms with Gasteiger partial charge in [-0.2, -0.15) is 0 Å². The molecule has 2 aromatic rings. The number of amides is 2. The van der Waals surface area contributed by atoms with Gasteiger partial charge in [0.25, 0.3) is 11.8 Å². The van der Waals surface area contributed by atoms with Crippen LogP contribution >= 0.6 is 46.4 Å². The lowest BCUT2D eigenvalue weighted by atomic mass is 9.73. The Morgan fingerprint density at radius 1 is 1.05 bits per heavy atom. The van der Waals surface area contributed by atoms with Crippen LogP contribution in [-0.2, 0) is 19.9 Å². The maximum atomic E-state index is 15.1. The van der Waals surface area contributed by atoms with Crippen molar-refractivity contribution >= 4 is 75.6 Å². The van der Waals surface area contributed by atoms with E-state index in [2.05, 4.69) is 5.32 Å². The van der Waals surface area contributed by atoms with E-state index in [1.165, 1.54) is 40.1 Å². The van der Waals surface area contributed by atoms with Gasteiger partial charge < -0.3 is 15.3 Å². The van der Waals surface area contributed by atoms with Gasteiger partial charge >= 0.3 is 5.97 Å². The molecule has 7 nitrogen and oxygen atoms in total. The standard InChI is InChI=1S/C27H23Cl4F2N3O4/c28-13-4-14(29)6-16(5-13)35(10-12-2-1-3-12)23(37)20-19-9-26(32,33)11-36(19)27(21(20)24(38)39)17-7-15(30)8-18(31)22(17)34-25(27)40/h4-8,12,19-21H,1-3,9-11H2,(H,34,40)(H,38,39)/t19-,20+,21-,27+/m1/s1. The zero-order valence-corrected chi connectivity index (χ0v) is 23.8. The van der Waals surface area contributed by atoms with Gasteiger partial charge in [-0.05, 0) is 49.1 Å². The third kappa shape index (κ3) is 4.19. The Morgan fingerprint density at radius 3 is 2.30 bits per heavy atom. The highest BCUT2D eigenvalue weighted by Gasteiger charge is 2.74. The van der Waals surface area contributed by atoms with Crippen molar-refractivity contribution < 1.29 is 28.3 Å². The first kappa shape index (κ1) is 28.0. The van der Waals surface area contributed by atoms with E-state index < -0.39 is 60.1 Å². The molecule has 0 bridgehead atoms. The van der Waals surface area contributed by atoms with Crippen molar-refractivity contribution in [3.8, 4) is 0 Å². The number of carbonyl (C=O) groups excluding carboxylic acids is 2. The molecule has 2 N–H and O–H groups in total. The number of alkyl halides is 2. The van der Waals surface area contributed by atoms with Gasteiger partial charge in [0.15, 0.2) is 0 Å².